The van der Waals surface area contributed by atoms with E-state index >= 15 is 0 Å². The average molecular weight is 373 g/mol. The molecule has 1 fully saturated rings. The number of fused-ring (bicyclic) bond motifs is 1. The molecule has 1 aromatic rings. The molecule has 0 aromatic heterocycles. The summed E-state index contributed by atoms with van der Waals surface area (Å²) in [4.78, 5) is 13.3. The number of anilines is 1. The molecule has 0 radical (unpaired) electrons. The molecule has 134 valence electrons. The van der Waals surface area contributed by atoms with Crippen molar-refractivity contribution in [1.82, 2.24) is 5.32 Å². The van der Waals surface area contributed by atoms with Crippen LogP contribution in [0, 0.1) is 5.92 Å². The number of amides is 1. The number of piperidine rings is 1. The highest BCUT2D eigenvalue weighted by Crippen LogP contribution is 2.39. The van der Waals surface area contributed by atoms with Gasteiger partial charge < -0.3 is 20.1 Å². The number of ether oxygens (including phenoxy) is 2. The Morgan fingerprint density at radius 2 is 1.92 bits per heavy atom. The minimum Gasteiger partial charge on any atom is -0.486 e. The first kappa shape index (κ1) is 19.2. The molecular formula is C17H25ClN2O3S. The van der Waals surface area contributed by atoms with Gasteiger partial charge in [-0.15, -0.1) is 24.2 Å². The largest absolute Gasteiger partial charge is 0.486 e. The number of benzene rings is 1. The number of hydrogen-bond acceptors (Lipinski definition) is 5. The van der Waals surface area contributed by atoms with Crippen LogP contribution in [0.25, 0.3) is 0 Å². The van der Waals surface area contributed by atoms with Gasteiger partial charge in [0.1, 0.15) is 13.2 Å². The summed E-state index contributed by atoms with van der Waals surface area (Å²) in [5.74, 6) is 2.22. The van der Waals surface area contributed by atoms with E-state index in [-0.39, 0.29) is 18.3 Å². The quantitative estimate of drug-likeness (QED) is 0.776. The topological polar surface area (TPSA) is 59.6 Å². The number of nitrogens with one attached hydrogen (secondary N) is 2. The van der Waals surface area contributed by atoms with Crippen LogP contribution in [-0.4, -0.2) is 38.5 Å². The van der Waals surface area contributed by atoms with E-state index in [1.807, 2.05) is 18.4 Å². The van der Waals surface area contributed by atoms with Gasteiger partial charge in [0.2, 0.25) is 5.91 Å². The second-order valence-corrected chi connectivity index (χ2v) is 6.82. The molecule has 0 aliphatic carbocycles. The molecule has 2 N–H and O–H groups in total. The first-order valence-corrected chi connectivity index (χ1v) is 9.47. The lowest BCUT2D eigenvalue weighted by Crippen LogP contribution is -2.28. The summed E-state index contributed by atoms with van der Waals surface area (Å²) in [5.41, 5.74) is 0.817. The zero-order valence-corrected chi connectivity index (χ0v) is 15.6. The van der Waals surface area contributed by atoms with E-state index < -0.39 is 0 Å². The molecule has 2 heterocycles. The summed E-state index contributed by atoms with van der Waals surface area (Å²) >= 11 is 1.60. The summed E-state index contributed by atoms with van der Waals surface area (Å²) < 4.78 is 11.2. The van der Waals surface area contributed by atoms with Gasteiger partial charge in [0.25, 0.3) is 0 Å². The van der Waals surface area contributed by atoms with Crippen molar-refractivity contribution in [2.75, 3.05) is 37.9 Å². The molecule has 7 heteroatoms. The van der Waals surface area contributed by atoms with Gasteiger partial charge in [0, 0.05) is 17.4 Å². The third kappa shape index (κ3) is 4.94. The lowest BCUT2D eigenvalue weighted by molar-refractivity contribution is -0.116. The number of rotatable bonds is 5. The minimum absolute atomic E-state index is 0. The van der Waals surface area contributed by atoms with E-state index in [0.29, 0.717) is 31.3 Å². The fraction of sp³-hybridized carbons (Fsp3) is 0.588. The Morgan fingerprint density at radius 1 is 1.25 bits per heavy atom. The summed E-state index contributed by atoms with van der Waals surface area (Å²) in [7, 11) is 0. The van der Waals surface area contributed by atoms with Crippen molar-refractivity contribution in [3.8, 4) is 11.5 Å². The van der Waals surface area contributed by atoms with Gasteiger partial charge in [-0.1, -0.05) is 0 Å². The molecule has 2 aliphatic rings. The first-order valence-electron chi connectivity index (χ1n) is 8.24. The summed E-state index contributed by atoms with van der Waals surface area (Å²) in [6, 6.07) is 3.82. The lowest BCUT2D eigenvalue weighted by Gasteiger charge is -2.23. The van der Waals surface area contributed by atoms with E-state index in [0.717, 1.165) is 35.8 Å². The number of halogens is 1. The van der Waals surface area contributed by atoms with Gasteiger partial charge in [-0.05, 0) is 50.6 Å². The van der Waals surface area contributed by atoms with Gasteiger partial charge in [-0.3, -0.25) is 4.79 Å². The number of carbonyl (C=O) groups is 1. The van der Waals surface area contributed by atoms with Crippen LogP contribution in [0.3, 0.4) is 0 Å². The van der Waals surface area contributed by atoms with Crippen LogP contribution in [0.4, 0.5) is 5.69 Å². The standard InChI is InChI=1S/C17H24N2O3S.ClH/c1-23-16-11-15-14(21-8-9-22-15)10-13(16)19-17(20)3-2-12-4-6-18-7-5-12;/h10-12,18H,2-9H2,1H3,(H,19,20);1H. The van der Waals surface area contributed by atoms with Gasteiger partial charge in [-0.25, -0.2) is 0 Å². The van der Waals surface area contributed by atoms with Crippen LogP contribution < -0.4 is 20.1 Å². The van der Waals surface area contributed by atoms with Crippen LogP contribution in [0.1, 0.15) is 25.7 Å². The van der Waals surface area contributed by atoms with Gasteiger partial charge >= 0.3 is 0 Å². The first-order chi connectivity index (χ1) is 11.3. The SMILES string of the molecule is CSc1cc2c(cc1NC(=O)CCC1CCNCC1)OCCO2.Cl. The zero-order chi connectivity index (χ0) is 16.1. The van der Waals surface area contributed by atoms with Crippen molar-refractivity contribution < 1.29 is 14.3 Å². The van der Waals surface area contributed by atoms with Crippen LogP contribution in [0.15, 0.2) is 17.0 Å². The van der Waals surface area contributed by atoms with Crippen LogP contribution in [0.2, 0.25) is 0 Å². The van der Waals surface area contributed by atoms with Gasteiger partial charge in [0.15, 0.2) is 11.5 Å². The van der Waals surface area contributed by atoms with Crippen molar-refractivity contribution in [3.63, 3.8) is 0 Å². The maximum atomic E-state index is 12.3. The Kier molecular flexibility index (Phi) is 7.52. The number of carbonyl (C=O) groups excluding carboxylic acids is 1. The Morgan fingerprint density at radius 3 is 2.58 bits per heavy atom. The molecule has 0 atom stereocenters. The average Bonchev–Trinajstić information content (AvgIpc) is 2.60. The van der Waals surface area contributed by atoms with E-state index in [2.05, 4.69) is 10.6 Å². The van der Waals surface area contributed by atoms with Crippen LogP contribution in [0.5, 0.6) is 11.5 Å². The molecular weight excluding hydrogens is 348 g/mol. The molecule has 0 saturated carbocycles. The van der Waals surface area contributed by atoms with Gasteiger partial charge in [-0.2, -0.15) is 0 Å². The third-order valence-electron chi connectivity index (χ3n) is 4.38. The highest BCUT2D eigenvalue weighted by Gasteiger charge is 2.18. The van der Waals surface area contributed by atoms with Crippen molar-refractivity contribution >= 4 is 35.8 Å². The fourth-order valence-corrected chi connectivity index (χ4v) is 3.61. The van der Waals surface area contributed by atoms with Crippen molar-refractivity contribution in [1.29, 1.82) is 0 Å². The maximum Gasteiger partial charge on any atom is 0.224 e. The zero-order valence-electron chi connectivity index (χ0n) is 13.9. The molecule has 0 unspecified atom stereocenters. The molecule has 1 saturated heterocycles. The van der Waals surface area contributed by atoms with Crippen LogP contribution in [-0.2, 0) is 4.79 Å². The molecule has 3 rings (SSSR count). The second-order valence-electron chi connectivity index (χ2n) is 5.98. The molecule has 0 bridgehead atoms. The molecule has 24 heavy (non-hydrogen) atoms. The minimum atomic E-state index is 0. The lowest BCUT2D eigenvalue weighted by atomic mass is 9.93. The highest BCUT2D eigenvalue weighted by atomic mass is 35.5. The highest BCUT2D eigenvalue weighted by molar-refractivity contribution is 7.98. The maximum absolute atomic E-state index is 12.3. The summed E-state index contributed by atoms with van der Waals surface area (Å²) in [5, 5.41) is 6.40. The Hall–Kier alpha value is -1.11. The Labute approximate surface area is 153 Å². The van der Waals surface area contributed by atoms with E-state index in [1.165, 1.54) is 12.8 Å². The third-order valence-corrected chi connectivity index (χ3v) is 5.15. The summed E-state index contributed by atoms with van der Waals surface area (Å²) in [6.07, 6.45) is 5.89. The van der Waals surface area contributed by atoms with E-state index in [1.54, 1.807) is 11.8 Å². The fourth-order valence-electron chi connectivity index (χ4n) is 3.06. The van der Waals surface area contributed by atoms with Crippen molar-refractivity contribution in [2.45, 2.75) is 30.6 Å². The smallest absolute Gasteiger partial charge is 0.224 e. The van der Waals surface area contributed by atoms with Gasteiger partial charge in [0.05, 0.1) is 5.69 Å². The molecule has 1 amide bonds. The molecule has 5 nitrogen and oxygen atoms in total. The van der Waals surface area contributed by atoms with Crippen LogP contribution >= 0.6 is 24.2 Å². The normalized spacial score (nSPS) is 17.0. The Balaban J connectivity index is 0.00000208. The molecule has 2 aliphatic heterocycles. The second kappa shape index (κ2) is 9.39. The Bertz CT molecular complexity index is 565. The molecule has 1 aromatic carbocycles. The monoisotopic (exact) mass is 372 g/mol. The van der Waals surface area contributed by atoms with Crippen molar-refractivity contribution in [3.05, 3.63) is 12.1 Å². The van der Waals surface area contributed by atoms with E-state index in [4.69, 9.17) is 9.47 Å². The number of thioether (sulfide) groups is 1. The van der Waals surface area contributed by atoms with E-state index in [9.17, 15) is 4.79 Å². The van der Waals surface area contributed by atoms with Crippen molar-refractivity contribution in [2.24, 2.45) is 5.92 Å². The predicted octanol–water partition coefficient (Wildman–Crippen LogP) is 3.32. The summed E-state index contributed by atoms with van der Waals surface area (Å²) in [6.45, 7) is 3.27. The molecule has 0 spiro atoms. The predicted molar refractivity (Wildman–Crippen MR) is 99.9 cm³/mol. The number of hydrogen-bond donors (Lipinski definition) is 2.